The fourth-order valence-corrected chi connectivity index (χ4v) is 5.63. The van der Waals surface area contributed by atoms with Crippen LogP contribution in [0.4, 0.5) is 5.69 Å². The molecule has 0 bridgehead atoms. The van der Waals surface area contributed by atoms with Gasteiger partial charge < -0.3 is 11.1 Å². The maximum atomic E-state index is 12.7. The van der Waals surface area contributed by atoms with E-state index in [1.165, 1.54) is 48.8 Å². The van der Waals surface area contributed by atoms with Gasteiger partial charge >= 0.3 is 0 Å². The number of benzene rings is 1. The van der Waals surface area contributed by atoms with Crippen molar-refractivity contribution in [1.29, 1.82) is 0 Å². The molecule has 0 radical (unpaired) electrons. The second kappa shape index (κ2) is 13.2. The molecule has 1 saturated heterocycles. The fraction of sp³-hybridized carbons (Fsp3) is 0.630. The summed E-state index contributed by atoms with van der Waals surface area (Å²) in [5.74, 6) is 1.57. The van der Waals surface area contributed by atoms with E-state index < -0.39 is 5.54 Å². The molecule has 33 heavy (non-hydrogen) atoms. The lowest BCUT2D eigenvalue weighted by molar-refractivity contribution is -0.124. The molecule has 0 unspecified atom stereocenters. The molecule has 1 aliphatic carbocycles. The molecule has 2 heterocycles. The van der Waals surface area contributed by atoms with E-state index in [2.05, 4.69) is 35.0 Å². The maximum Gasteiger partial charge on any atom is 0.253 e. The van der Waals surface area contributed by atoms with E-state index >= 15 is 0 Å². The van der Waals surface area contributed by atoms with Gasteiger partial charge in [0, 0.05) is 24.7 Å². The minimum absolute atomic E-state index is 0.131. The number of hydrogen-bond acceptors (Lipinski definition) is 5. The number of amides is 1. The van der Waals surface area contributed by atoms with Crippen molar-refractivity contribution in [1.82, 2.24) is 9.62 Å². The summed E-state index contributed by atoms with van der Waals surface area (Å²) in [6.07, 6.45) is 9.95. The largest absolute Gasteiger partial charge is 0.399 e. The lowest BCUT2D eigenvalue weighted by Gasteiger charge is -2.34. The number of amidine groups is 1. The van der Waals surface area contributed by atoms with E-state index in [1.807, 2.05) is 39.8 Å². The summed E-state index contributed by atoms with van der Waals surface area (Å²) in [6, 6.07) is 4.03. The second-order valence-corrected chi connectivity index (χ2v) is 9.72. The van der Waals surface area contributed by atoms with Gasteiger partial charge in [-0.2, -0.15) is 0 Å². The first kappa shape index (κ1) is 27.5. The van der Waals surface area contributed by atoms with Crippen LogP contribution in [-0.2, 0) is 4.79 Å². The third-order valence-electron chi connectivity index (χ3n) is 6.60. The molecule has 1 aromatic carbocycles. The normalized spacial score (nSPS) is 20.5. The van der Waals surface area contributed by atoms with Gasteiger partial charge in [0.05, 0.1) is 0 Å². The highest BCUT2D eigenvalue weighted by Gasteiger charge is 2.46. The summed E-state index contributed by atoms with van der Waals surface area (Å²) < 4.78 is 2.34. The fourth-order valence-electron chi connectivity index (χ4n) is 4.87. The monoisotopic (exact) mass is 472 g/mol. The highest BCUT2D eigenvalue weighted by molar-refractivity contribution is 8.00. The Balaban J connectivity index is 0.000000914. The second-order valence-electron chi connectivity index (χ2n) is 8.72. The lowest BCUT2D eigenvalue weighted by Crippen LogP contribution is -2.47. The molecule has 1 amide bonds. The Labute approximate surface area is 205 Å². The molecule has 5 nitrogen and oxygen atoms in total. The summed E-state index contributed by atoms with van der Waals surface area (Å²) >= 11 is 1.73. The molecule has 0 atom stereocenters. The Morgan fingerprint density at radius 1 is 1.06 bits per heavy atom. The smallest absolute Gasteiger partial charge is 0.253 e. The number of hydrogen-bond donors (Lipinski definition) is 2. The van der Waals surface area contributed by atoms with Crippen molar-refractivity contribution in [2.45, 2.75) is 92.0 Å². The molecular formula is C27H44N4OS. The standard InChI is InChI=1S/C23H32N4OS.2C2H6/c1-16-14-19(24)15-17(2)20(16)8-13-29-27-11-9-23(10-12-27)22(28)25-21(26-23)18-6-4-3-5-7-18;2*1-2/h8,13-15,18H,3-7,9-12,24H2,1-2H3,(H,25,26,28);2*1-2H3/b13-8+;;. The Bertz CT molecular complexity index is 812. The topological polar surface area (TPSA) is 70.7 Å². The van der Waals surface area contributed by atoms with Crippen LogP contribution in [0, 0.1) is 19.8 Å². The van der Waals surface area contributed by atoms with Gasteiger partial charge in [-0.3, -0.25) is 9.79 Å². The van der Waals surface area contributed by atoms with Crippen LogP contribution in [0.25, 0.3) is 6.08 Å². The first-order chi connectivity index (χ1) is 16.0. The van der Waals surface area contributed by atoms with Crippen LogP contribution in [0.5, 0.6) is 0 Å². The highest BCUT2D eigenvalue weighted by Crippen LogP contribution is 2.36. The third kappa shape index (κ3) is 6.86. The number of carbonyl (C=O) groups excluding carboxylic acids is 1. The summed E-state index contributed by atoms with van der Waals surface area (Å²) in [7, 11) is 0. The Kier molecular flexibility index (Phi) is 11.0. The van der Waals surface area contributed by atoms with Crippen LogP contribution in [0.15, 0.2) is 22.5 Å². The summed E-state index contributed by atoms with van der Waals surface area (Å²) in [4.78, 5) is 17.7. The number of carbonyl (C=O) groups is 1. The van der Waals surface area contributed by atoms with E-state index in [1.54, 1.807) is 11.9 Å². The lowest BCUT2D eigenvalue weighted by atomic mass is 9.88. The zero-order valence-corrected chi connectivity index (χ0v) is 22.4. The molecule has 0 aromatic heterocycles. The molecule has 2 fully saturated rings. The van der Waals surface area contributed by atoms with Crippen LogP contribution in [0.1, 0.15) is 89.3 Å². The van der Waals surface area contributed by atoms with Crippen LogP contribution in [0.3, 0.4) is 0 Å². The maximum absolute atomic E-state index is 12.7. The molecule has 184 valence electrons. The molecule has 6 heteroatoms. The number of aryl methyl sites for hydroxylation is 2. The SMILES string of the molecule is CC.CC.Cc1cc(N)cc(C)c1/C=C/SN1CCC2(CC1)N=C(C1CCCCC1)NC2=O. The van der Waals surface area contributed by atoms with Gasteiger partial charge in [-0.05, 0) is 79.8 Å². The van der Waals surface area contributed by atoms with Crippen molar-refractivity contribution in [3.05, 3.63) is 34.2 Å². The number of piperidine rings is 1. The van der Waals surface area contributed by atoms with E-state index in [0.29, 0.717) is 5.92 Å². The Hall–Kier alpha value is -1.79. The van der Waals surface area contributed by atoms with E-state index in [9.17, 15) is 4.79 Å². The van der Waals surface area contributed by atoms with Gasteiger partial charge in [0.15, 0.2) is 0 Å². The Morgan fingerprint density at radius 3 is 2.21 bits per heavy atom. The molecule has 1 saturated carbocycles. The predicted molar refractivity (Wildman–Crippen MR) is 145 cm³/mol. The molecular weight excluding hydrogens is 428 g/mol. The van der Waals surface area contributed by atoms with Crippen molar-refractivity contribution in [3.63, 3.8) is 0 Å². The number of nitrogen functional groups attached to an aromatic ring is 1. The molecule has 3 aliphatic rings. The summed E-state index contributed by atoms with van der Waals surface area (Å²) in [6.45, 7) is 13.9. The zero-order valence-electron chi connectivity index (χ0n) is 21.5. The van der Waals surface area contributed by atoms with Gasteiger partial charge in [-0.25, -0.2) is 4.31 Å². The quantitative estimate of drug-likeness (QED) is 0.387. The Morgan fingerprint density at radius 2 is 1.64 bits per heavy atom. The number of nitrogens with one attached hydrogen (secondary N) is 1. The third-order valence-corrected chi connectivity index (χ3v) is 7.52. The molecule has 3 N–H and O–H groups in total. The minimum atomic E-state index is -0.516. The number of anilines is 1. The first-order valence-corrected chi connectivity index (χ1v) is 13.7. The van der Waals surface area contributed by atoms with E-state index in [0.717, 1.165) is 37.5 Å². The average molecular weight is 473 g/mol. The molecule has 1 spiro atoms. The van der Waals surface area contributed by atoms with E-state index in [-0.39, 0.29) is 5.91 Å². The minimum Gasteiger partial charge on any atom is -0.399 e. The van der Waals surface area contributed by atoms with Crippen LogP contribution < -0.4 is 11.1 Å². The number of aliphatic imine (C=N–C) groups is 1. The van der Waals surface area contributed by atoms with Crippen molar-refractivity contribution >= 4 is 35.5 Å². The van der Waals surface area contributed by atoms with Crippen molar-refractivity contribution < 1.29 is 4.79 Å². The molecule has 4 rings (SSSR count). The van der Waals surface area contributed by atoms with Gasteiger partial charge in [0.25, 0.3) is 5.91 Å². The first-order valence-electron chi connectivity index (χ1n) is 12.8. The van der Waals surface area contributed by atoms with Gasteiger partial charge in [0.2, 0.25) is 0 Å². The average Bonchev–Trinajstić information content (AvgIpc) is 3.16. The summed E-state index contributed by atoms with van der Waals surface area (Å²) in [5.41, 5.74) is 9.85. The molecule has 2 aliphatic heterocycles. The van der Waals surface area contributed by atoms with Crippen molar-refractivity contribution in [3.8, 4) is 0 Å². The molecule has 1 aromatic rings. The summed E-state index contributed by atoms with van der Waals surface area (Å²) in [5, 5.41) is 5.29. The predicted octanol–water partition coefficient (Wildman–Crippen LogP) is 6.50. The van der Waals surface area contributed by atoms with E-state index in [4.69, 9.17) is 10.7 Å². The van der Waals surface area contributed by atoms with Gasteiger partial charge in [-0.15, -0.1) is 0 Å². The highest BCUT2D eigenvalue weighted by atomic mass is 32.2. The number of nitrogens with two attached hydrogens (primary N) is 1. The van der Waals surface area contributed by atoms with Crippen molar-refractivity contribution in [2.75, 3.05) is 18.8 Å². The number of rotatable bonds is 4. The van der Waals surface area contributed by atoms with Gasteiger partial charge in [0.1, 0.15) is 11.4 Å². The van der Waals surface area contributed by atoms with Crippen LogP contribution in [0.2, 0.25) is 0 Å². The number of nitrogens with zero attached hydrogens (tertiary/aromatic N) is 2. The van der Waals surface area contributed by atoms with Crippen LogP contribution >= 0.6 is 11.9 Å². The zero-order chi connectivity index (χ0) is 24.4. The van der Waals surface area contributed by atoms with Gasteiger partial charge in [-0.1, -0.05) is 58.9 Å². The van der Waals surface area contributed by atoms with Crippen LogP contribution in [-0.4, -0.2) is 34.7 Å². The van der Waals surface area contributed by atoms with Crippen molar-refractivity contribution in [2.24, 2.45) is 10.9 Å².